The Hall–Kier alpha value is -2.16. The van der Waals surface area contributed by atoms with Crippen LogP contribution in [0.4, 0.5) is 5.69 Å². The fourth-order valence-corrected chi connectivity index (χ4v) is 3.08. The molecule has 0 radical (unpaired) electrons. The summed E-state index contributed by atoms with van der Waals surface area (Å²) in [5.41, 5.74) is 0.517. The Morgan fingerprint density at radius 3 is 2.71 bits per heavy atom. The molecule has 0 aliphatic rings. The van der Waals surface area contributed by atoms with Gasteiger partial charge < -0.3 is 15.6 Å². The smallest absolute Gasteiger partial charge is 0.234 e. The van der Waals surface area contributed by atoms with Crippen LogP contribution in [-0.2, 0) is 4.79 Å². The Labute approximate surface area is 151 Å². The highest BCUT2D eigenvalue weighted by molar-refractivity contribution is 7.99. The number of thioether (sulfide) groups is 1. The van der Waals surface area contributed by atoms with Gasteiger partial charge in [-0.15, -0.1) is 10.2 Å². The van der Waals surface area contributed by atoms with Crippen molar-refractivity contribution < 1.29 is 9.21 Å². The Kier molecular flexibility index (Phi) is 4.98. The average molecular weight is 384 g/mol. The fraction of sp³-hybridized carbons (Fsp3) is 0.0714. The van der Waals surface area contributed by atoms with Gasteiger partial charge in [-0.1, -0.05) is 35.0 Å². The molecule has 1 amide bonds. The predicted octanol–water partition coefficient (Wildman–Crippen LogP) is 3.29. The zero-order valence-corrected chi connectivity index (χ0v) is 14.4. The predicted molar refractivity (Wildman–Crippen MR) is 93.7 cm³/mol. The second kappa shape index (κ2) is 7.16. The molecule has 0 unspecified atom stereocenters. The second-order valence-corrected chi connectivity index (χ2v) is 6.46. The molecule has 0 spiro atoms. The summed E-state index contributed by atoms with van der Waals surface area (Å²) in [5.74, 6) is 6.64. The number of nitrogens with two attached hydrogens (primary N) is 1. The van der Waals surface area contributed by atoms with E-state index < -0.39 is 0 Å². The number of carbonyl (C=O) groups excluding carboxylic acids is 1. The van der Waals surface area contributed by atoms with Crippen molar-refractivity contribution in [3.8, 4) is 11.6 Å². The molecule has 0 aliphatic heterocycles. The van der Waals surface area contributed by atoms with Gasteiger partial charge in [0.15, 0.2) is 5.76 Å². The number of aromatic nitrogens is 3. The molecule has 24 heavy (non-hydrogen) atoms. The van der Waals surface area contributed by atoms with Crippen LogP contribution in [0.2, 0.25) is 10.0 Å². The highest BCUT2D eigenvalue weighted by Gasteiger charge is 2.15. The third-order valence-electron chi connectivity index (χ3n) is 2.88. The number of nitrogens with one attached hydrogen (secondary N) is 1. The van der Waals surface area contributed by atoms with Gasteiger partial charge in [0.1, 0.15) is 0 Å². The number of hydrogen-bond acceptors (Lipinski definition) is 6. The van der Waals surface area contributed by atoms with Crippen LogP contribution in [0, 0.1) is 0 Å². The summed E-state index contributed by atoms with van der Waals surface area (Å²) >= 11 is 12.9. The molecule has 0 bridgehead atoms. The molecule has 0 atom stereocenters. The minimum Gasteiger partial charge on any atom is -0.461 e. The van der Waals surface area contributed by atoms with Crippen LogP contribution < -0.4 is 11.2 Å². The van der Waals surface area contributed by atoms with Gasteiger partial charge in [-0.05, 0) is 30.3 Å². The highest BCUT2D eigenvalue weighted by atomic mass is 35.5. The van der Waals surface area contributed by atoms with Crippen LogP contribution in [0.1, 0.15) is 0 Å². The van der Waals surface area contributed by atoms with E-state index in [0.29, 0.717) is 32.5 Å². The Bertz CT molecular complexity index is 846. The summed E-state index contributed by atoms with van der Waals surface area (Å²) in [4.78, 5) is 12.0. The van der Waals surface area contributed by atoms with Gasteiger partial charge in [-0.3, -0.25) is 4.79 Å². The van der Waals surface area contributed by atoms with Gasteiger partial charge in [0.05, 0.1) is 12.0 Å². The SMILES string of the molecule is Nn1c(SCC(=O)Nc2cc(Cl)cc(Cl)c2)nnc1-c1ccco1. The molecule has 2 heterocycles. The molecule has 3 aromatic rings. The molecule has 2 aromatic heterocycles. The molecule has 7 nitrogen and oxygen atoms in total. The largest absolute Gasteiger partial charge is 0.461 e. The van der Waals surface area contributed by atoms with E-state index >= 15 is 0 Å². The van der Waals surface area contributed by atoms with E-state index in [1.165, 1.54) is 10.9 Å². The number of carbonyl (C=O) groups is 1. The number of nitrogens with zero attached hydrogens (tertiary/aromatic N) is 3. The van der Waals surface area contributed by atoms with Crippen molar-refractivity contribution in [1.82, 2.24) is 14.9 Å². The first kappa shape index (κ1) is 16.7. The molecular formula is C14H11Cl2N5O2S. The lowest BCUT2D eigenvalue weighted by Crippen LogP contribution is -2.16. The van der Waals surface area contributed by atoms with Gasteiger partial charge in [-0.2, -0.15) is 0 Å². The van der Waals surface area contributed by atoms with Crippen molar-refractivity contribution in [2.45, 2.75) is 5.16 Å². The highest BCUT2D eigenvalue weighted by Crippen LogP contribution is 2.24. The van der Waals surface area contributed by atoms with Crippen LogP contribution >= 0.6 is 35.0 Å². The lowest BCUT2D eigenvalue weighted by Gasteiger charge is -2.06. The molecule has 124 valence electrons. The van der Waals surface area contributed by atoms with E-state index in [2.05, 4.69) is 15.5 Å². The fourth-order valence-electron chi connectivity index (χ4n) is 1.90. The summed E-state index contributed by atoms with van der Waals surface area (Å²) in [6.45, 7) is 0. The van der Waals surface area contributed by atoms with Crippen LogP contribution in [0.3, 0.4) is 0 Å². The normalized spacial score (nSPS) is 10.8. The van der Waals surface area contributed by atoms with Gasteiger partial charge in [0.25, 0.3) is 0 Å². The summed E-state index contributed by atoms with van der Waals surface area (Å²) in [5, 5.41) is 11.9. The summed E-state index contributed by atoms with van der Waals surface area (Å²) < 4.78 is 6.49. The van der Waals surface area contributed by atoms with E-state index in [1.54, 1.807) is 30.3 Å². The first-order chi connectivity index (χ1) is 11.5. The quantitative estimate of drug-likeness (QED) is 0.517. The third kappa shape index (κ3) is 3.84. The van der Waals surface area contributed by atoms with Crippen molar-refractivity contribution in [2.24, 2.45) is 0 Å². The average Bonchev–Trinajstić information content (AvgIpc) is 3.13. The van der Waals surface area contributed by atoms with Gasteiger partial charge in [0.2, 0.25) is 16.9 Å². The second-order valence-electron chi connectivity index (χ2n) is 4.65. The van der Waals surface area contributed by atoms with Gasteiger partial charge in [0, 0.05) is 15.7 Å². The molecule has 0 saturated carbocycles. The zero-order valence-electron chi connectivity index (χ0n) is 12.1. The Balaban J connectivity index is 1.62. The number of nitrogen functional groups attached to an aromatic ring is 1. The number of halogens is 2. The standard InChI is InChI=1S/C14H11Cl2N5O2S/c15-8-4-9(16)6-10(5-8)18-12(22)7-24-14-20-19-13(21(14)17)11-2-1-3-23-11/h1-6H,7,17H2,(H,18,22). The van der Waals surface area contributed by atoms with Crippen molar-refractivity contribution in [2.75, 3.05) is 16.9 Å². The lowest BCUT2D eigenvalue weighted by atomic mass is 10.3. The van der Waals surface area contributed by atoms with E-state index in [1.807, 2.05) is 0 Å². The van der Waals surface area contributed by atoms with E-state index in [-0.39, 0.29) is 11.7 Å². The van der Waals surface area contributed by atoms with Gasteiger partial charge >= 0.3 is 0 Å². The molecule has 0 saturated heterocycles. The lowest BCUT2D eigenvalue weighted by molar-refractivity contribution is -0.113. The van der Waals surface area contributed by atoms with Crippen molar-refractivity contribution >= 4 is 46.6 Å². The Morgan fingerprint density at radius 1 is 1.29 bits per heavy atom. The summed E-state index contributed by atoms with van der Waals surface area (Å²) in [7, 11) is 0. The van der Waals surface area contributed by atoms with Crippen LogP contribution in [0.5, 0.6) is 0 Å². The number of amides is 1. The van der Waals surface area contributed by atoms with Crippen molar-refractivity contribution in [3.63, 3.8) is 0 Å². The van der Waals surface area contributed by atoms with Crippen molar-refractivity contribution in [3.05, 3.63) is 46.6 Å². The molecule has 3 N–H and O–H groups in total. The van der Waals surface area contributed by atoms with Gasteiger partial charge in [-0.25, -0.2) is 4.68 Å². The first-order valence-corrected chi connectivity index (χ1v) is 8.40. The minimum atomic E-state index is -0.249. The van der Waals surface area contributed by atoms with Crippen LogP contribution in [0.25, 0.3) is 11.6 Å². The number of furan rings is 1. The minimum absolute atomic E-state index is 0.0949. The van der Waals surface area contributed by atoms with Crippen LogP contribution in [0.15, 0.2) is 46.2 Å². The topological polar surface area (TPSA) is 99.0 Å². The molecule has 0 fully saturated rings. The number of rotatable bonds is 5. The zero-order chi connectivity index (χ0) is 17.1. The number of benzene rings is 1. The molecule has 0 aliphatic carbocycles. The van der Waals surface area contributed by atoms with Crippen LogP contribution in [-0.4, -0.2) is 26.5 Å². The molecule has 1 aromatic carbocycles. The number of hydrogen-bond donors (Lipinski definition) is 2. The maximum Gasteiger partial charge on any atom is 0.234 e. The summed E-state index contributed by atoms with van der Waals surface area (Å²) in [6.07, 6.45) is 1.51. The monoisotopic (exact) mass is 383 g/mol. The van der Waals surface area contributed by atoms with E-state index in [0.717, 1.165) is 11.8 Å². The molecular weight excluding hydrogens is 373 g/mol. The van der Waals surface area contributed by atoms with Crippen molar-refractivity contribution in [1.29, 1.82) is 0 Å². The molecule has 3 rings (SSSR count). The number of anilines is 1. The van der Waals surface area contributed by atoms with E-state index in [4.69, 9.17) is 33.5 Å². The first-order valence-electron chi connectivity index (χ1n) is 6.66. The summed E-state index contributed by atoms with van der Waals surface area (Å²) in [6, 6.07) is 8.24. The maximum absolute atomic E-state index is 12.0. The Morgan fingerprint density at radius 2 is 2.04 bits per heavy atom. The third-order valence-corrected chi connectivity index (χ3v) is 4.26. The van der Waals surface area contributed by atoms with E-state index in [9.17, 15) is 4.79 Å². The molecule has 10 heteroatoms. The maximum atomic E-state index is 12.0.